The molecule has 3 aromatic carbocycles. The summed E-state index contributed by atoms with van der Waals surface area (Å²) >= 11 is 6.15. The Hall–Kier alpha value is -3.97. The predicted molar refractivity (Wildman–Crippen MR) is 129 cm³/mol. The van der Waals surface area contributed by atoms with Crippen LogP contribution in [-0.2, 0) is 0 Å². The second-order valence-electron chi connectivity index (χ2n) is 7.71. The third-order valence-corrected chi connectivity index (χ3v) is 6.12. The lowest BCUT2D eigenvalue weighted by Crippen LogP contribution is -2.29. The van der Waals surface area contributed by atoms with Crippen molar-refractivity contribution >= 4 is 34.2 Å². The van der Waals surface area contributed by atoms with Crippen LogP contribution < -0.4 is 24.5 Å². The highest BCUT2D eigenvalue weighted by atomic mass is 35.5. The molecule has 1 unspecified atom stereocenters. The van der Waals surface area contributed by atoms with Gasteiger partial charge in [-0.2, -0.15) is 0 Å². The van der Waals surface area contributed by atoms with Gasteiger partial charge in [-0.3, -0.25) is 14.5 Å². The maximum Gasteiger partial charge on any atom is 0.295 e. The van der Waals surface area contributed by atoms with Crippen LogP contribution in [0.25, 0.3) is 11.0 Å². The van der Waals surface area contributed by atoms with E-state index < -0.39 is 11.9 Å². The number of amides is 1. The van der Waals surface area contributed by atoms with Gasteiger partial charge in [0.15, 0.2) is 16.9 Å². The van der Waals surface area contributed by atoms with E-state index >= 15 is 0 Å². The number of nitrogens with zero attached hydrogens (tertiary/aromatic N) is 1. The molecular formula is C26H20ClNO6. The third-order valence-electron chi connectivity index (χ3n) is 5.89. The highest BCUT2D eigenvalue weighted by molar-refractivity contribution is 6.31. The second kappa shape index (κ2) is 8.43. The zero-order chi connectivity index (χ0) is 24.0. The van der Waals surface area contributed by atoms with Crippen molar-refractivity contribution in [1.29, 1.82) is 0 Å². The summed E-state index contributed by atoms with van der Waals surface area (Å²) in [5.74, 6) is 1.13. The van der Waals surface area contributed by atoms with Crippen LogP contribution >= 0.6 is 11.6 Å². The minimum Gasteiger partial charge on any atom is -0.497 e. The van der Waals surface area contributed by atoms with Gasteiger partial charge in [-0.25, -0.2) is 0 Å². The molecule has 0 bridgehead atoms. The molecule has 0 saturated heterocycles. The van der Waals surface area contributed by atoms with Gasteiger partial charge in [-0.1, -0.05) is 23.7 Å². The summed E-state index contributed by atoms with van der Waals surface area (Å²) in [7, 11) is 4.62. The first-order chi connectivity index (χ1) is 16.5. The van der Waals surface area contributed by atoms with Crippen LogP contribution in [-0.4, -0.2) is 27.2 Å². The number of hydrogen-bond acceptors (Lipinski definition) is 6. The lowest BCUT2D eigenvalue weighted by molar-refractivity contribution is 0.0971. The standard InChI is InChI=1S/C26H20ClNO6/c1-31-17-6-4-5-16(13-17)28-23(14-7-9-20(32-2)21(11-14)33-3)22-24(29)18-12-15(27)8-10-19(18)34-25(22)26(28)30/h4-13,23H,1-3H3. The Bertz CT molecular complexity index is 1490. The van der Waals surface area contributed by atoms with Gasteiger partial charge in [0.25, 0.3) is 5.91 Å². The Morgan fingerprint density at radius 3 is 2.41 bits per heavy atom. The molecule has 1 aliphatic rings. The number of hydrogen-bond donors (Lipinski definition) is 0. The average Bonchev–Trinajstić information content (AvgIpc) is 3.16. The van der Waals surface area contributed by atoms with Gasteiger partial charge in [-0.05, 0) is 48.0 Å². The molecule has 7 nitrogen and oxygen atoms in total. The first kappa shape index (κ1) is 21.9. The van der Waals surface area contributed by atoms with Crippen LogP contribution in [0.15, 0.2) is 69.9 Å². The van der Waals surface area contributed by atoms with Crippen molar-refractivity contribution in [2.75, 3.05) is 26.2 Å². The van der Waals surface area contributed by atoms with Crippen LogP contribution in [0.1, 0.15) is 27.7 Å². The van der Waals surface area contributed by atoms with Gasteiger partial charge >= 0.3 is 0 Å². The topological polar surface area (TPSA) is 78.2 Å². The van der Waals surface area contributed by atoms with E-state index in [2.05, 4.69) is 0 Å². The minimum absolute atomic E-state index is 0.0116. The van der Waals surface area contributed by atoms with E-state index in [-0.39, 0.29) is 16.8 Å². The smallest absolute Gasteiger partial charge is 0.295 e. The average molecular weight is 478 g/mol. The van der Waals surface area contributed by atoms with Gasteiger partial charge in [-0.15, -0.1) is 0 Å². The molecule has 34 heavy (non-hydrogen) atoms. The summed E-state index contributed by atoms with van der Waals surface area (Å²) in [6, 6.07) is 16.3. The molecule has 4 aromatic rings. The molecule has 0 radical (unpaired) electrons. The molecule has 0 spiro atoms. The fraction of sp³-hybridized carbons (Fsp3) is 0.154. The molecule has 1 amide bonds. The molecular weight excluding hydrogens is 458 g/mol. The number of benzene rings is 3. The summed E-state index contributed by atoms with van der Waals surface area (Å²) in [5, 5.41) is 0.702. The molecule has 0 fully saturated rings. The molecule has 1 aliphatic heterocycles. The van der Waals surface area contributed by atoms with Gasteiger partial charge in [0.2, 0.25) is 5.76 Å². The maximum absolute atomic E-state index is 13.7. The van der Waals surface area contributed by atoms with Crippen molar-refractivity contribution in [3.05, 3.63) is 92.8 Å². The van der Waals surface area contributed by atoms with E-state index in [1.807, 2.05) is 0 Å². The van der Waals surface area contributed by atoms with Crippen molar-refractivity contribution in [3.8, 4) is 17.2 Å². The summed E-state index contributed by atoms with van der Waals surface area (Å²) < 4.78 is 22.2. The van der Waals surface area contributed by atoms with Crippen molar-refractivity contribution in [3.63, 3.8) is 0 Å². The molecule has 0 N–H and O–H groups in total. The number of carbonyl (C=O) groups excluding carboxylic acids is 1. The highest BCUT2D eigenvalue weighted by Crippen LogP contribution is 2.43. The zero-order valence-electron chi connectivity index (χ0n) is 18.6. The van der Waals surface area contributed by atoms with Crippen molar-refractivity contribution < 1.29 is 23.4 Å². The quantitative estimate of drug-likeness (QED) is 0.392. The Morgan fingerprint density at radius 1 is 0.882 bits per heavy atom. The molecule has 5 rings (SSSR count). The number of rotatable bonds is 5. The monoisotopic (exact) mass is 477 g/mol. The SMILES string of the molecule is COc1cccc(N2C(=O)c3oc4ccc(Cl)cc4c(=O)c3C2c2ccc(OC)c(OC)c2)c1. The Balaban J connectivity index is 1.81. The second-order valence-corrected chi connectivity index (χ2v) is 8.14. The van der Waals surface area contributed by atoms with E-state index in [9.17, 15) is 9.59 Å². The van der Waals surface area contributed by atoms with Gasteiger partial charge < -0.3 is 18.6 Å². The number of fused-ring (bicyclic) bond motifs is 2. The largest absolute Gasteiger partial charge is 0.497 e. The summed E-state index contributed by atoms with van der Waals surface area (Å²) in [6.07, 6.45) is 0. The van der Waals surface area contributed by atoms with Crippen LogP contribution in [0.5, 0.6) is 17.2 Å². The number of ether oxygens (including phenoxy) is 3. The Morgan fingerprint density at radius 2 is 1.68 bits per heavy atom. The fourth-order valence-electron chi connectivity index (χ4n) is 4.31. The summed E-state index contributed by atoms with van der Waals surface area (Å²) in [4.78, 5) is 28.9. The molecule has 8 heteroatoms. The number of carbonyl (C=O) groups is 1. The lowest BCUT2D eigenvalue weighted by Gasteiger charge is -2.26. The van der Waals surface area contributed by atoms with Gasteiger partial charge in [0, 0.05) is 16.8 Å². The van der Waals surface area contributed by atoms with Crippen LogP contribution in [0.4, 0.5) is 5.69 Å². The number of anilines is 1. The molecule has 0 aliphatic carbocycles. The maximum atomic E-state index is 13.7. The molecule has 2 heterocycles. The Labute approximate surface area is 200 Å². The summed E-state index contributed by atoms with van der Waals surface area (Å²) in [6.45, 7) is 0. The van der Waals surface area contributed by atoms with Crippen molar-refractivity contribution in [2.24, 2.45) is 0 Å². The number of methoxy groups -OCH3 is 3. The first-order valence-electron chi connectivity index (χ1n) is 10.4. The van der Waals surface area contributed by atoms with Gasteiger partial charge in [0.1, 0.15) is 11.3 Å². The van der Waals surface area contributed by atoms with E-state index in [1.54, 1.807) is 74.9 Å². The normalized spacial score (nSPS) is 14.9. The molecule has 1 aromatic heterocycles. The lowest BCUT2D eigenvalue weighted by atomic mass is 9.97. The summed E-state index contributed by atoms with van der Waals surface area (Å²) in [5.41, 5.74) is 1.41. The van der Waals surface area contributed by atoms with Crippen LogP contribution in [0.2, 0.25) is 5.02 Å². The first-order valence-corrected chi connectivity index (χ1v) is 10.8. The van der Waals surface area contributed by atoms with Crippen LogP contribution in [0, 0.1) is 0 Å². The van der Waals surface area contributed by atoms with E-state index in [1.165, 1.54) is 12.0 Å². The molecule has 172 valence electrons. The number of halogens is 1. The highest BCUT2D eigenvalue weighted by Gasteiger charge is 2.44. The van der Waals surface area contributed by atoms with Gasteiger partial charge in [0.05, 0.1) is 38.3 Å². The predicted octanol–water partition coefficient (Wildman–Crippen LogP) is 5.22. The third kappa shape index (κ3) is 3.36. The minimum atomic E-state index is -0.769. The van der Waals surface area contributed by atoms with Crippen molar-refractivity contribution in [1.82, 2.24) is 0 Å². The molecule has 0 saturated carbocycles. The fourth-order valence-corrected chi connectivity index (χ4v) is 4.48. The van der Waals surface area contributed by atoms with E-state index in [0.717, 1.165) is 0 Å². The zero-order valence-corrected chi connectivity index (χ0v) is 19.4. The van der Waals surface area contributed by atoms with E-state index in [0.29, 0.717) is 44.5 Å². The van der Waals surface area contributed by atoms with Crippen molar-refractivity contribution in [2.45, 2.75) is 6.04 Å². The van der Waals surface area contributed by atoms with E-state index in [4.69, 9.17) is 30.2 Å². The van der Waals surface area contributed by atoms with Crippen LogP contribution in [0.3, 0.4) is 0 Å². The molecule has 1 atom stereocenters. The Kier molecular flexibility index (Phi) is 5.42.